The van der Waals surface area contributed by atoms with Gasteiger partial charge in [0.2, 0.25) is 11.8 Å². The van der Waals surface area contributed by atoms with Crippen molar-refractivity contribution in [3.05, 3.63) is 67.3 Å². The van der Waals surface area contributed by atoms with Gasteiger partial charge < -0.3 is 35.1 Å². The Morgan fingerprint density at radius 2 is 1.23 bits per heavy atom. The summed E-state index contributed by atoms with van der Waals surface area (Å²) in [6, 6.07) is 7.10. The third-order valence-corrected chi connectivity index (χ3v) is 13.0. The zero-order chi connectivity index (χ0) is 38.1. The van der Waals surface area contributed by atoms with E-state index < -0.39 is 88.5 Å². The van der Waals surface area contributed by atoms with Crippen LogP contribution >= 0.6 is 46.2 Å². The number of thioether (sulfide) groups is 2. The fourth-order valence-electron chi connectivity index (χ4n) is 6.12. The average molecular weight is 810 g/mol. The average Bonchev–Trinajstić information content (AvgIpc) is 3.85. The lowest BCUT2D eigenvalue weighted by Gasteiger charge is -2.55. The zero-order valence-corrected chi connectivity index (χ0v) is 31.0. The second kappa shape index (κ2) is 15.5. The van der Waals surface area contributed by atoms with Crippen molar-refractivity contribution < 1.29 is 62.8 Å². The number of nitrogens with one attached hydrogen (secondary N) is 3. The summed E-state index contributed by atoms with van der Waals surface area (Å²) < 4.78 is 16.0. The first-order valence-corrected chi connectivity index (χ1v) is 19.3. The number of rotatable bonds is 15. The molecule has 53 heavy (non-hydrogen) atoms. The number of aliphatic carboxylic acids is 2. The number of hydroxylamine groups is 1. The van der Waals surface area contributed by atoms with Crippen LogP contribution in [0.15, 0.2) is 57.6 Å². The van der Waals surface area contributed by atoms with E-state index in [1.54, 1.807) is 29.6 Å². The summed E-state index contributed by atoms with van der Waals surface area (Å²) in [5, 5.41) is 27.0. The minimum atomic E-state index is -1.79. The molecule has 22 heteroatoms. The van der Waals surface area contributed by atoms with Crippen LogP contribution < -0.4 is 16.1 Å². The van der Waals surface area contributed by atoms with Crippen molar-refractivity contribution in [1.29, 1.82) is 0 Å². The molecule has 0 saturated carbocycles. The van der Waals surface area contributed by atoms with Crippen LogP contribution in [0.3, 0.4) is 0 Å². The van der Waals surface area contributed by atoms with Crippen molar-refractivity contribution in [2.45, 2.75) is 35.0 Å². The monoisotopic (exact) mass is 809 g/mol. The molecular formula is C31H31N5O13S4. The van der Waals surface area contributed by atoms with Crippen LogP contribution in [-0.4, -0.2) is 123 Å². The Morgan fingerprint density at radius 1 is 0.774 bits per heavy atom. The molecule has 282 valence electrons. The van der Waals surface area contributed by atoms with E-state index in [9.17, 15) is 43.8 Å². The van der Waals surface area contributed by atoms with Crippen molar-refractivity contribution in [3.63, 3.8) is 0 Å². The highest BCUT2D eigenvalue weighted by atomic mass is 32.2. The van der Waals surface area contributed by atoms with Gasteiger partial charge in [-0.25, -0.2) is 14.4 Å². The normalized spacial score (nSPS) is 24.8. The molecule has 5 N–H and O–H groups in total. The molecule has 4 aliphatic heterocycles. The molecule has 2 aromatic heterocycles. The van der Waals surface area contributed by atoms with E-state index in [2.05, 4.69) is 10.6 Å². The number of carboxylic acid groups (broad SMARTS) is 2. The van der Waals surface area contributed by atoms with Gasteiger partial charge in [0.05, 0.1) is 19.4 Å². The van der Waals surface area contributed by atoms with E-state index in [0.29, 0.717) is 0 Å². The van der Waals surface area contributed by atoms with Crippen LogP contribution in [0.2, 0.25) is 0 Å². The summed E-state index contributed by atoms with van der Waals surface area (Å²) in [7, 11) is 2.47. The predicted molar refractivity (Wildman–Crippen MR) is 188 cm³/mol. The van der Waals surface area contributed by atoms with E-state index in [0.717, 1.165) is 43.1 Å². The van der Waals surface area contributed by atoms with Crippen LogP contribution in [0.25, 0.3) is 0 Å². The molecule has 6 heterocycles. The van der Waals surface area contributed by atoms with Gasteiger partial charge in [0, 0.05) is 41.1 Å². The van der Waals surface area contributed by atoms with Gasteiger partial charge >= 0.3 is 18.0 Å². The van der Waals surface area contributed by atoms with Crippen molar-refractivity contribution in [3.8, 4) is 0 Å². The number of amides is 5. The molecule has 2 saturated heterocycles. The van der Waals surface area contributed by atoms with Crippen LogP contribution in [0.1, 0.15) is 9.75 Å². The lowest BCUT2D eigenvalue weighted by Crippen LogP contribution is -2.80. The molecule has 0 aromatic carbocycles. The Balaban J connectivity index is 1.04. The molecule has 0 bridgehead atoms. The minimum Gasteiger partial charge on any atom is -0.477 e. The van der Waals surface area contributed by atoms with Crippen molar-refractivity contribution in [2.75, 3.05) is 38.9 Å². The number of carboxylic acids is 2. The quantitative estimate of drug-likeness (QED) is 0.0945. The lowest BCUT2D eigenvalue weighted by molar-refractivity contribution is -0.192. The summed E-state index contributed by atoms with van der Waals surface area (Å²) in [5.74, 6) is -5.43. The molecule has 6 rings (SSSR count). The lowest BCUT2D eigenvalue weighted by atomic mass is 9.98. The molecule has 4 aliphatic rings. The van der Waals surface area contributed by atoms with Crippen LogP contribution in [0.5, 0.6) is 0 Å². The Kier molecular flexibility index (Phi) is 11.2. The Hall–Kier alpha value is -4.45. The van der Waals surface area contributed by atoms with Gasteiger partial charge in [-0.05, 0) is 28.5 Å². The molecule has 0 spiro atoms. The first-order valence-electron chi connectivity index (χ1n) is 15.5. The van der Waals surface area contributed by atoms with Gasteiger partial charge in [-0.3, -0.25) is 33.8 Å². The van der Waals surface area contributed by atoms with Crippen molar-refractivity contribution in [1.82, 2.24) is 25.9 Å². The highest BCUT2D eigenvalue weighted by Crippen LogP contribution is 2.48. The number of ether oxygens (including phenoxy) is 3. The fourth-order valence-corrected chi connectivity index (χ4v) is 10.4. The largest absolute Gasteiger partial charge is 0.477 e. The fraction of sp³-hybridized carbons (Fsp3) is 0.387. The van der Waals surface area contributed by atoms with Crippen molar-refractivity contribution in [2.24, 2.45) is 0 Å². The number of carbonyl (C=O) groups excluding carboxylic acids is 5. The van der Waals surface area contributed by atoms with Gasteiger partial charge in [-0.15, -0.1) is 46.2 Å². The number of nitrogens with zero attached hydrogens (tertiary/aromatic N) is 2. The molecular weight excluding hydrogens is 779 g/mol. The molecule has 5 amide bonds. The van der Waals surface area contributed by atoms with Gasteiger partial charge in [0.1, 0.15) is 28.7 Å². The SMILES string of the molecule is CO[C@@]1(NC(=O)Cc2cccs2)C(=O)N2C(C(=O)O)=C(CONC(=O)OCC3=C(C(=O)O)N4C(=O)[C@](NC(=O)Cc5cccs5)(OC)[C@H]4SC3)CS[C@@H]21. The summed E-state index contributed by atoms with van der Waals surface area (Å²) in [4.78, 5) is 97.9. The summed E-state index contributed by atoms with van der Waals surface area (Å²) >= 11 is 4.96. The highest BCUT2D eigenvalue weighted by molar-refractivity contribution is 8.00. The molecule has 2 aromatic rings. The van der Waals surface area contributed by atoms with Crippen LogP contribution in [0, 0.1) is 0 Å². The van der Waals surface area contributed by atoms with E-state index in [1.807, 2.05) is 10.9 Å². The first-order chi connectivity index (χ1) is 25.4. The summed E-state index contributed by atoms with van der Waals surface area (Å²) in [5.41, 5.74) is -2.17. The number of methoxy groups -OCH3 is 2. The summed E-state index contributed by atoms with van der Waals surface area (Å²) in [6.45, 7) is -1.02. The topological polar surface area (TPSA) is 239 Å². The molecule has 0 aliphatic carbocycles. The van der Waals surface area contributed by atoms with Crippen LogP contribution in [-0.2, 0) is 60.7 Å². The Labute approximate surface area is 316 Å². The predicted octanol–water partition coefficient (Wildman–Crippen LogP) is 0.678. The van der Waals surface area contributed by atoms with Crippen molar-refractivity contribution >= 4 is 87.9 Å². The van der Waals surface area contributed by atoms with E-state index in [1.165, 1.54) is 36.9 Å². The van der Waals surface area contributed by atoms with E-state index in [4.69, 9.17) is 19.0 Å². The van der Waals surface area contributed by atoms with Gasteiger partial charge in [0.15, 0.2) is 0 Å². The maximum Gasteiger partial charge on any atom is 0.431 e. The second-order valence-electron chi connectivity index (χ2n) is 11.6. The van der Waals surface area contributed by atoms with E-state index in [-0.39, 0.29) is 35.5 Å². The van der Waals surface area contributed by atoms with Gasteiger partial charge in [0.25, 0.3) is 23.3 Å². The highest BCUT2D eigenvalue weighted by Gasteiger charge is 2.68. The first kappa shape index (κ1) is 38.3. The third-order valence-electron chi connectivity index (χ3n) is 8.53. The van der Waals surface area contributed by atoms with Gasteiger partial charge in [-0.1, -0.05) is 12.1 Å². The van der Waals surface area contributed by atoms with E-state index >= 15 is 0 Å². The maximum absolute atomic E-state index is 13.3. The minimum absolute atomic E-state index is 0.000749. The smallest absolute Gasteiger partial charge is 0.431 e. The number of hydrogen-bond donors (Lipinski definition) is 5. The molecule has 0 radical (unpaired) electrons. The number of β-lactam (4-membered cyclic amide) rings is 2. The molecule has 2 fully saturated rings. The zero-order valence-electron chi connectivity index (χ0n) is 27.8. The standard InChI is InChI=1S/C31H31N5O13S4/c1-46-30(32-19(37)9-17-5-3-7-50-17)25(43)35-21(23(39)40)15(13-52-27(30)35)11-48-29(45)34-49-12-16-14-53-28-31(47-2,26(44)36(28)22(16)24(41)42)33-20(38)10-18-6-4-8-51-18/h3-8,27-28H,9-14H2,1-2H3,(H,32,37)(H,33,38)(H,34,45)(H,39,40)(H,41,42)/t27-,28-,30+,31+/m1/s1. The molecule has 4 atom stereocenters. The Morgan fingerprint density at radius 3 is 1.62 bits per heavy atom. The Bertz CT molecular complexity index is 1900. The number of fused-ring (bicyclic) bond motifs is 2. The number of carbonyl (C=O) groups is 7. The number of hydrogen-bond acceptors (Lipinski definition) is 15. The number of thiophene rings is 2. The molecule has 0 unspecified atom stereocenters. The van der Waals surface area contributed by atoms with Gasteiger partial charge in [-0.2, -0.15) is 5.48 Å². The second-order valence-corrected chi connectivity index (χ2v) is 15.8. The van der Waals surface area contributed by atoms with Crippen LogP contribution in [0.4, 0.5) is 4.79 Å². The molecule has 18 nitrogen and oxygen atoms in total. The summed E-state index contributed by atoms with van der Waals surface area (Å²) in [6.07, 6.45) is -1.14. The third kappa shape index (κ3) is 7.02. The maximum atomic E-state index is 13.3.